The van der Waals surface area contributed by atoms with Crippen LogP contribution in [0.4, 0.5) is 0 Å². The lowest BCUT2D eigenvalue weighted by Crippen LogP contribution is -2.52. The first-order valence-electron chi connectivity index (χ1n) is 11.6. The van der Waals surface area contributed by atoms with Crippen molar-refractivity contribution in [3.05, 3.63) is 105 Å². The molecular formula is C28H29Cl3N2O2. The molecular weight excluding hydrogens is 503 g/mol. The number of nitrogens with zero attached hydrogens (tertiary/aromatic N) is 1. The highest BCUT2D eigenvalue weighted by Gasteiger charge is 2.32. The molecule has 0 aliphatic rings. The summed E-state index contributed by atoms with van der Waals surface area (Å²) in [6.45, 7) is 4.03. The van der Waals surface area contributed by atoms with E-state index in [4.69, 9.17) is 34.8 Å². The number of rotatable bonds is 10. The summed E-state index contributed by atoms with van der Waals surface area (Å²) in [7, 11) is 0. The maximum Gasteiger partial charge on any atom is 0.243 e. The maximum atomic E-state index is 13.8. The van der Waals surface area contributed by atoms with E-state index in [2.05, 4.69) is 5.32 Å². The summed E-state index contributed by atoms with van der Waals surface area (Å²) < 4.78 is 0. The first-order valence-corrected chi connectivity index (χ1v) is 12.7. The third kappa shape index (κ3) is 7.47. The van der Waals surface area contributed by atoms with Crippen molar-refractivity contribution < 1.29 is 9.59 Å². The summed E-state index contributed by atoms with van der Waals surface area (Å²) >= 11 is 19.3. The van der Waals surface area contributed by atoms with Crippen LogP contribution < -0.4 is 5.32 Å². The fourth-order valence-electron chi connectivity index (χ4n) is 3.76. The van der Waals surface area contributed by atoms with Gasteiger partial charge < -0.3 is 10.2 Å². The average Bonchev–Trinajstić information content (AvgIpc) is 2.84. The van der Waals surface area contributed by atoms with Crippen LogP contribution in [0.1, 0.15) is 37.0 Å². The Bertz CT molecular complexity index is 1130. The van der Waals surface area contributed by atoms with Gasteiger partial charge in [-0.05, 0) is 42.7 Å². The number of carbonyl (C=O) groups is 2. The molecule has 0 fully saturated rings. The summed E-state index contributed by atoms with van der Waals surface area (Å²) in [6.07, 6.45) is 1.16. The predicted molar refractivity (Wildman–Crippen MR) is 144 cm³/mol. The second kappa shape index (κ2) is 13.0. The summed E-state index contributed by atoms with van der Waals surface area (Å²) in [6, 6.07) is 21.3. The van der Waals surface area contributed by atoms with Gasteiger partial charge in [-0.2, -0.15) is 0 Å². The van der Waals surface area contributed by atoms with Gasteiger partial charge in [-0.15, -0.1) is 0 Å². The van der Waals surface area contributed by atoms with Crippen molar-refractivity contribution in [1.29, 1.82) is 0 Å². The van der Waals surface area contributed by atoms with E-state index < -0.39 is 6.04 Å². The van der Waals surface area contributed by atoms with Crippen LogP contribution in [0, 0.1) is 0 Å². The van der Waals surface area contributed by atoms with Gasteiger partial charge in [-0.3, -0.25) is 9.59 Å². The molecule has 0 heterocycles. The zero-order valence-corrected chi connectivity index (χ0v) is 22.1. The number of halogens is 3. The summed E-state index contributed by atoms with van der Waals surface area (Å²) in [5.74, 6) is -0.465. The van der Waals surface area contributed by atoms with Crippen LogP contribution in [0.2, 0.25) is 15.1 Å². The van der Waals surface area contributed by atoms with Crippen LogP contribution in [0.3, 0.4) is 0 Å². The molecule has 0 aromatic heterocycles. The number of amides is 2. The molecule has 0 saturated carbocycles. The van der Waals surface area contributed by atoms with Gasteiger partial charge in [0.2, 0.25) is 11.8 Å². The number of carbonyl (C=O) groups excluding carboxylic acids is 2. The minimum Gasteiger partial charge on any atom is -0.352 e. The third-order valence-corrected chi connectivity index (χ3v) is 7.04. The number of nitrogens with one attached hydrogen (secondary N) is 1. The topological polar surface area (TPSA) is 49.4 Å². The molecule has 4 nitrogen and oxygen atoms in total. The standard InChI is InChI=1S/C28H29Cl3N2O2/c1-3-19(2)32-28(35)26(16-20-10-5-4-6-11-20)33(18-22-24(30)14-9-15-25(22)31)27(34)17-21-12-7-8-13-23(21)29/h4-15,19,26H,3,16-18H2,1-2H3,(H,32,35)/t19-,26+/m0/s1. The Hall–Kier alpha value is -2.53. The Morgan fingerprint density at radius 3 is 2.09 bits per heavy atom. The molecule has 1 N–H and O–H groups in total. The van der Waals surface area contributed by atoms with E-state index in [0.29, 0.717) is 32.6 Å². The van der Waals surface area contributed by atoms with Gasteiger partial charge in [-0.25, -0.2) is 0 Å². The Balaban J connectivity index is 2.03. The van der Waals surface area contributed by atoms with Crippen LogP contribution in [-0.2, 0) is 29.0 Å². The molecule has 0 saturated heterocycles. The first kappa shape index (κ1) is 27.1. The van der Waals surface area contributed by atoms with E-state index >= 15 is 0 Å². The quantitative estimate of drug-likeness (QED) is 0.315. The summed E-state index contributed by atoms with van der Waals surface area (Å²) in [4.78, 5) is 28.9. The van der Waals surface area contributed by atoms with Crippen molar-refractivity contribution >= 4 is 46.6 Å². The molecule has 0 unspecified atom stereocenters. The molecule has 2 atom stereocenters. The third-order valence-electron chi connectivity index (χ3n) is 5.96. The van der Waals surface area contributed by atoms with Gasteiger partial charge in [-0.1, -0.05) is 96.3 Å². The SMILES string of the molecule is CC[C@H](C)NC(=O)[C@@H](Cc1ccccc1)N(Cc1c(Cl)cccc1Cl)C(=O)Cc1ccccc1Cl. The molecule has 3 aromatic carbocycles. The van der Waals surface area contributed by atoms with Gasteiger partial charge in [0.15, 0.2) is 0 Å². The normalized spacial score (nSPS) is 12.6. The molecule has 0 bridgehead atoms. The highest BCUT2D eigenvalue weighted by Crippen LogP contribution is 2.28. The lowest BCUT2D eigenvalue weighted by Gasteiger charge is -2.33. The molecule has 0 radical (unpaired) electrons. The molecule has 0 spiro atoms. The van der Waals surface area contributed by atoms with Crippen LogP contribution in [0.15, 0.2) is 72.8 Å². The highest BCUT2D eigenvalue weighted by molar-refractivity contribution is 6.36. The molecule has 184 valence electrons. The van der Waals surface area contributed by atoms with E-state index in [1.54, 1.807) is 29.2 Å². The van der Waals surface area contributed by atoms with Gasteiger partial charge in [0.05, 0.1) is 6.42 Å². The van der Waals surface area contributed by atoms with Crippen LogP contribution in [0.5, 0.6) is 0 Å². The number of benzene rings is 3. The maximum absolute atomic E-state index is 13.8. The van der Waals surface area contributed by atoms with Crippen molar-refractivity contribution in [3.63, 3.8) is 0 Å². The van der Waals surface area contributed by atoms with Crippen molar-refractivity contribution in [2.45, 2.75) is 51.7 Å². The molecule has 3 rings (SSSR count). The zero-order valence-electron chi connectivity index (χ0n) is 19.8. The molecule has 2 amide bonds. The first-order chi connectivity index (χ1) is 16.8. The smallest absolute Gasteiger partial charge is 0.243 e. The summed E-state index contributed by atoms with van der Waals surface area (Å²) in [5, 5.41) is 4.43. The fourth-order valence-corrected chi connectivity index (χ4v) is 4.47. The second-order valence-corrected chi connectivity index (χ2v) is 9.74. The van der Waals surface area contributed by atoms with Crippen LogP contribution in [-0.4, -0.2) is 28.8 Å². The lowest BCUT2D eigenvalue weighted by atomic mass is 10.0. The van der Waals surface area contributed by atoms with E-state index in [1.807, 2.05) is 62.4 Å². The van der Waals surface area contributed by atoms with Crippen molar-refractivity contribution in [3.8, 4) is 0 Å². The zero-order chi connectivity index (χ0) is 25.4. The van der Waals surface area contributed by atoms with Crippen LogP contribution in [0.25, 0.3) is 0 Å². The van der Waals surface area contributed by atoms with E-state index in [0.717, 1.165) is 12.0 Å². The predicted octanol–water partition coefficient (Wildman–Crippen LogP) is 6.74. The molecule has 7 heteroatoms. The van der Waals surface area contributed by atoms with Crippen molar-refractivity contribution in [2.75, 3.05) is 0 Å². The van der Waals surface area contributed by atoms with Crippen molar-refractivity contribution in [1.82, 2.24) is 10.2 Å². The Labute approximate surface area is 222 Å². The van der Waals surface area contributed by atoms with Gasteiger partial charge >= 0.3 is 0 Å². The number of hydrogen-bond acceptors (Lipinski definition) is 2. The molecule has 3 aromatic rings. The van der Waals surface area contributed by atoms with Gasteiger partial charge in [0.1, 0.15) is 6.04 Å². The Morgan fingerprint density at radius 1 is 0.857 bits per heavy atom. The second-order valence-electron chi connectivity index (χ2n) is 8.51. The lowest BCUT2D eigenvalue weighted by molar-refractivity contribution is -0.141. The van der Waals surface area contributed by atoms with E-state index in [1.165, 1.54) is 0 Å². The molecule has 0 aliphatic heterocycles. The largest absolute Gasteiger partial charge is 0.352 e. The Kier molecular flexibility index (Phi) is 10.0. The number of hydrogen-bond donors (Lipinski definition) is 1. The van der Waals surface area contributed by atoms with Gasteiger partial charge in [0.25, 0.3) is 0 Å². The van der Waals surface area contributed by atoms with E-state index in [9.17, 15) is 9.59 Å². The van der Waals surface area contributed by atoms with Crippen molar-refractivity contribution in [2.24, 2.45) is 0 Å². The summed E-state index contributed by atoms with van der Waals surface area (Å²) in [5.41, 5.74) is 2.23. The van der Waals surface area contributed by atoms with Gasteiger partial charge in [0, 0.05) is 39.6 Å². The Morgan fingerprint density at radius 2 is 1.46 bits per heavy atom. The molecule has 0 aliphatic carbocycles. The minimum atomic E-state index is -0.770. The highest BCUT2D eigenvalue weighted by atomic mass is 35.5. The van der Waals surface area contributed by atoms with E-state index in [-0.39, 0.29) is 30.8 Å². The van der Waals surface area contributed by atoms with Crippen LogP contribution >= 0.6 is 34.8 Å². The minimum absolute atomic E-state index is 0.0369. The average molecular weight is 532 g/mol. The molecule has 35 heavy (non-hydrogen) atoms. The fraction of sp³-hybridized carbons (Fsp3) is 0.286. The monoisotopic (exact) mass is 530 g/mol.